The van der Waals surface area contributed by atoms with Crippen LogP contribution < -0.4 is 20.3 Å². The fraction of sp³-hybridized carbons (Fsp3) is 0.136. The normalized spacial score (nSPS) is 10.8. The summed E-state index contributed by atoms with van der Waals surface area (Å²) in [6, 6.07) is 13.0. The number of benzene rings is 2. The van der Waals surface area contributed by atoms with E-state index in [1.807, 2.05) is 0 Å². The van der Waals surface area contributed by atoms with Crippen molar-refractivity contribution < 1.29 is 23.2 Å². The minimum atomic E-state index is -0.465. The molecule has 0 aliphatic heterocycles. The van der Waals surface area contributed by atoms with Gasteiger partial charge in [-0.3, -0.25) is 9.59 Å². The van der Waals surface area contributed by atoms with E-state index in [0.29, 0.717) is 39.3 Å². The Balaban J connectivity index is 1.44. The summed E-state index contributed by atoms with van der Waals surface area (Å²) in [5.74, 6) is 0.370. The molecule has 0 spiro atoms. The number of nitrogens with one attached hydrogen (secondary N) is 1. The lowest BCUT2D eigenvalue weighted by Crippen LogP contribution is -2.20. The largest absolute Gasteiger partial charge is 0.485 e. The molecule has 0 saturated heterocycles. The SMILES string of the molecule is Cc1cc2nc(COc3ccc(Cl)cc3NC(=O)COc3ccc(F)cc3)cc(=O)n2o1. The molecular weight excluding hydrogens is 441 g/mol. The maximum absolute atomic E-state index is 13.0. The molecule has 0 saturated carbocycles. The average molecular weight is 458 g/mol. The fourth-order valence-corrected chi connectivity index (χ4v) is 3.06. The maximum atomic E-state index is 13.0. The molecule has 2 heterocycles. The van der Waals surface area contributed by atoms with Gasteiger partial charge in [0, 0.05) is 17.2 Å². The number of carbonyl (C=O) groups is 1. The molecule has 0 atom stereocenters. The topological polar surface area (TPSA) is 95.1 Å². The second-order valence-corrected chi connectivity index (χ2v) is 7.24. The van der Waals surface area contributed by atoms with Crippen LogP contribution in [0.5, 0.6) is 11.5 Å². The third-order valence-corrected chi connectivity index (χ3v) is 4.53. The number of halogens is 2. The molecule has 0 aliphatic rings. The van der Waals surface area contributed by atoms with Crippen LogP contribution >= 0.6 is 11.6 Å². The third-order valence-electron chi connectivity index (χ3n) is 4.30. The van der Waals surface area contributed by atoms with Gasteiger partial charge in [0.25, 0.3) is 11.5 Å². The van der Waals surface area contributed by atoms with Crippen molar-refractivity contribution >= 4 is 28.8 Å². The van der Waals surface area contributed by atoms with Gasteiger partial charge in [-0.15, -0.1) is 4.57 Å². The van der Waals surface area contributed by atoms with E-state index >= 15 is 0 Å². The van der Waals surface area contributed by atoms with Crippen LogP contribution in [0.4, 0.5) is 10.1 Å². The number of anilines is 1. The van der Waals surface area contributed by atoms with Crippen molar-refractivity contribution in [3.05, 3.63) is 87.2 Å². The van der Waals surface area contributed by atoms with Gasteiger partial charge in [0.15, 0.2) is 12.3 Å². The van der Waals surface area contributed by atoms with E-state index in [0.717, 1.165) is 4.57 Å². The van der Waals surface area contributed by atoms with Crippen molar-refractivity contribution in [1.82, 2.24) is 9.56 Å². The molecule has 2 aromatic heterocycles. The van der Waals surface area contributed by atoms with E-state index in [1.54, 1.807) is 25.1 Å². The van der Waals surface area contributed by atoms with Gasteiger partial charge in [-0.05, 0) is 49.4 Å². The zero-order valence-corrected chi connectivity index (χ0v) is 17.6. The van der Waals surface area contributed by atoms with Gasteiger partial charge < -0.3 is 19.3 Å². The number of hydrogen-bond donors (Lipinski definition) is 1. The van der Waals surface area contributed by atoms with Crippen LogP contribution in [0.2, 0.25) is 5.02 Å². The average Bonchev–Trinajstić information content (AvgIpc) is 3.13. The van der Waals surface area contributed by atoms with E-state index in [4.69, 9.17) is 25.6 Å². The summed E-state index contributed by atoms with van der Waals surface area (Å²) >= 11 is 6.05. The fourth-order valence-electron chi connectivity index (χ4n) is 2.89. The minimum absolute atomic E-state index is 0.0213. The first-order valence-corrected chi connectivity index (χ1v) is 9.85. The lowest BCUT2D eigenvalue weighted by Gasteiger charge is -2.13. The van der Waals surface area contributed by atoms with E-state index < -0.39 is 11.7 Å². The number of carbonyl (C=O) groups excluding carboxylic acids is 1. The summed E-state index contributed by atoms with van der Waals surface area (Å²) in [5.41, 5.74) is 0.713. The molecule has 1 amide bonds. The molecule has 8 nitrogen and oxygen atoms in total. The standard InChI is InChI=1S/C22H17ClFN3O5/c1-13-8-20-25-16(10-22(29)27(20)32-13)11-31-19-7-2-14(23)9-18(19)26-21(28)12-30-17-5-3-15(24)4-6-17/h2-10H,11-12H2,1H3,(H,26,28). The minimum Gasteiger partial charge on any atom is -0.485 e. The quantitative estimate of drug-likeness (QED) is 0.451. The first-order chi connectivity index (χ1) is 15.4. The number of nitrogens with zero attached hydrogens (tertiary/aromatic N) is 2. The van der Waals surface area contributed by atoms with Gasteiger partial charge in [-0.25, -0.2) is 9.37 Å². The molecule has 0 bridgehead atoms. The third kappa shape index (κ3) is 5.06. The Hall–Kier alpha value is -3.85. The van der Waals surface area contributed by atoms with Crippen molar-refractivity contribution in [3.63, 3.8) is 0 Å². The van der Waals surface area contributed by atoms with Gasteiger partial charge in [0.2, 0.25) is 0 Å². The lowest BCUT2D eigenvalue weighted by molar-refractivity contribution is -0.118. The highest BCUT2D eigenvalue weighted by Gasteiger charge is 2.12. The molecule has 0 radical (unpaired) electrons. The van der Waals surface area contributed by atoms with Gasteiger partial charge >= 0.3 is 0 Å². The Bertz CT molecular complexity index is 1330. The second-order valence-electron chi connectivity index (χ2n) is 6.80. The van der Waals surface area contributed by atoms with Crippen LogP contribution in [0.1, 0.15) is 11.5 Å². The molecule has 32 heavy (non-hydrogen) atoms. The Morgan fingerprint density at radius 3 is 2.72 bits per heavy atom. The number of hydrogen-bond acceptors (Lipinski definition) is 6. The van der Waals surface area contributed by atoms with Crippen molar-refractivity contribution in [2.24, 2.45) is 0 Å². The van der Waals surface area contributed by atoms with Gasteiger partial charge in [-0.1, -0.05) is 11.6 Å². The molecule has 10 heteroatoms. The first-order valence-electron chi connectivity index (χ1n) is 9.47. The Kier molecular flexibility index (Phi) is 6.09. The predicted octanol–water partition coefficient (Wildman–Crippen LogP) is 3.98. The number of rotatable bonds is 7. The zero-order valence-electron chi connectivity index (χ0n) is 16.8. The van der Waals surface area contributed by atoms with Gasteiger partial charge in [-0.2, -0.15) is 0 Å². The second kappa shape index (κ2) is 9.11. The van der Waals surface area contributed by atoms with Crippen molar-refractivity contribution in [2.75, 3.05) is 11.9 Å². The van der Waals surface area contributed by atoms with E-state index in [9.17, 15) is 14.0 Å². The van der Waals surface area contributed by atoms with E-state index in [2.05, 4.69) is 10.3 Å². The van der Waals surface area contributed by atoms with Crippen molar-refractivity contribution in [1.29, 1.82) is 0 Å². The number of amides is 1. The van der Waals surface area contributed by atoms with Crippen LogP contribution in [0, 0.1) is 12.7 Å². The monoisotopic (exact) mass is 457 g/mol. The van der Waals surface area contributed by atoms with E-state index in [1.165, 1.54) is 36.4 Å². The first kappa shape index (κ1) is 21.4. The van der Waals surface area contributed by atoms with Crippen LogP contribution in [-0.2, 0) is 11.4 Å². The molecule has 1 N–H and O–H groups in total. The van der Waals surface area contributed by atoms with Crippen LogP contribution in [-0.4, -0.2) is 22.1 Å². The summed E-state index contributed by atoms with van der Waals surface area (Å²) in [6.45, 7) is 1.39. The molecule has 0 unspecified atom stereocenters. The number of aromatic nitrogens is 2. The Morgan fingerprint density at radius 1 is 1.16 bits per heavy atom. The molecule has 4 rings (SSSR count). The summed E-state index contributed by atoms with van der Waals surface area (Å²) in [5, 5.41) is 3.05. The van der Waals surface area contributed by atoms with E-state index in [-0.39, 0.29) is 18.8 Å². The summed E-state index contributed by atoms with van der Waals surface area (Å²) in [4.78, 5) is 28.8. The van der Waals surface area contributed by atoms with Crippen LogP contribution in [0.3, 0.4) is 0 Å². The smallest absolute Gasteiger partial charge is 0.287 e. The molecule has 4 aromatic rings. The zero-order chi connectivity index (χ0) is 22.7. The predicted molar refractivity (Wildman–Crippen MR) is 115 cm³/mol. The maximum Gasteiger partial charge on any atom is 0.287 e. The van der Waals surface area contributed by atoms with Gasteiger partial charge in [0.05, 0.1) is 11.4 Å². The van der Waals surface area contributed by atoms with Crippen LogP contribution in [0.25, 0.3) is 5.65 Å². The number of fused-ring (bicyclic) bond motifs is 1. The van der Waals surface area contributed by atoms with Crippen LogP contribution in [0.15, 0.2) is 63.9 Å². The highest BCUT2D eigenvalue weighted by molar-refractivity contribution is 6.31. The summed E-state index contributed by atoms with van der Waals surface area (Å²) in [6.07, 6.45) is 0. The van der Waals surface area contributed by atoms with Gasteiger partial charge in [0.1, 0.15) is 29.7 Å². The number of aryl methyl sites for hydroxylation is 1. The highest BCUT2D eigenvalue weighted by Crippen LogP contribution is 2.28. The molecule has 164 valence electrons. The molecule has 0 fully saturated rings. The molecule has 2 aromatic carbocycles. The number of ether oxygens (including phenoxy) is 2. The highest BCUT2D eigenvalue weighted by atomic mass is 35.5. The summed E-state index contributed by atoms with van der Waals surface area (Å²) < 4.78 is 30.4. The summed E-state index contributed by atoms with van der Waals surface area (Å²) in [7, 11) is 0. The molecular formula is C22H17ClFN3O5. The Labute approximate surface area is 186 Å². The lowest BCUT2D eigenvalue weighted by atomic mass is 10.3. The molecule has 0 aliphatic carbocycles. The Morgan fingerprint density at radius 2 is 1.94 bits per heavy atom. The van der Waals surface area contributed by atoms with Crippen molar-refractivity contribution in [3.8, 4) is 11.5 Å². The van der Waals surface area contributed by atoms with Crippen molar-refractivity contribution in [2.45, 2.75) is 13.5 Å².